The molecule has 5 heteroatoms. The molecular formula is C13H10FN3O. The zero-order valence-corrected chi connectivity index (χ0v) is 9.35. The van der Waals surface area contributed by atoms with E-state index in [1.165, 1.54) is 12.1 Å². The summed E-state index contributed by atoms with van der Waals surface area (Å²) in [6, 6.07) is 7.25. The van der Waals surface area contributed by atoms with E-state index in [0.717, 1.165) is 5.56 Å². The molecule has 1 aliphatic rings. The standard InChI is InChI=1S/C13H10FN3O/c14-9-3-4-11-10(6-9)12(17-13(18)16-11)8-2-1-5-15-7-8/h1-7,12H,(H2,16,17,18). The zero-order chi connectivity index (χ0) is 12.5. The van der Waals surface area contributed by atoms with E-state index in [2.05, 4.69) is 15.6 Å². The summed E-state index contributed by atoms with van der Waals surface area (Å²) in [5, 5.41) is 5.41. The van der Waals surface area contributed by atoms with Gasteiger partial charge in [0.15, 0.2) is 0 Å². The quantitative estimate of drug-likeness (QED) is 0.808. The molecule has 1 aliphatic heterocycles. The molecule has 0 spiro atoms. The number of anilines is 1. The molecular weight excluding hydrogens is 233 g/mol. The van der Waals surface area contributed by atoms with Crippen molar-refractivity contribution in [2.24, 2.45) is 0 Å². The van der Waals surface area contributed by atoms with Gasteiger partial charge in [0.1, 0.15) is 5.82 Å². The van der Waals surface area contributed by atoms with Crippen molar-refractivity contribution in [3.05, 3.63) is 59.7 Å². The van der Waals surface area contributed by atoms with Gasteiger partial charge in [-0.15, -0.1) is 0 Å². The molecule has 90 valence electrons. The number of benzene rings is 1. The van der Waals surface area contributed by atoms with Gasteiger partial charge in [0, 0.05) is 23.6 Å². The second-order valence-corrected chi connectivity index (χ2v) is 4.05. The van der Waals surface area contributed by atoms with Gasteiger partial charge in [0.25, 0.3) is 0 Å². The number of rotatable bonds is 1. The molecule has 0 saturated carbocycles. The number of carbonyl (C=O) groups excluding carboxylic acids is 1. The van der Waals surface area contributed by atoms with Crippen LogP contribution < -0.4 is 10.6 Å². The third kappa shape index (κ3) is 1.79. The SMILES string of the molecule is O=C1Nc2ccc(F)cc2C(c2cccnc2)N1. The average Bonchev–Trinajstić information content (AvgIpc) is 2.39. The number of halogens is 1. The summed E-state index contributed by atoms with van der Waals surface area (Å²) >= 11 is 0. The molecule has 1 aromatic carbocycles. The van der Waals surface area contributed by atoms with Gasteiger partial charge < -0.3 is 10.6 Å². The Kier molecular flexibility index (Phi) is 2.44. The van der Waals surface area contributed by atoms with Crippen molar-refractivity contribution in [1.82, 2.24) is 10.3 Å². The maximum atomic E-state index is 13.3. The van der Waals surface area contributed by atoms with Crippen LogP contribution >= 0.6 is 0 Å². The second-order valence-electron chi connectivity index (χ2n) is 4.05. The van der Waals surface area contributed by atoms with Crippen molar-refractivity contribution in [2.45, 2.75) is 6.04 Å². The van der Waals surface area contributed by atoms with E-state index in [9.17, 15) is 9.18 Å². The highest BCUT2D eigenvalue weighted by Crippen LogP contribution is 2.31. The number of aromatic nitrogens is 1. The van der Waals surface area contributed by atoms with E-state index >= 15 is 0 Å². The number of urea groups is 1. The van der Waals surface area contributed by atoms with Crippen LogP contribution in [0.15, 0.2) is 42.7 Å². The number of fused-ring (bicyclic) bond motifs is 1. The summed E-state index contributed by atoms with van der Waals surface area (Å²) in [5.74, 6) is -0.333. The highest BCUT2D eigenvalue weighted by atomic mass is 19.1. The smallest absolute Gasteiger partial charge is 0.320 e. The van der Waals surface area contributed by atoms with Gasteiger partial charge in [0.2, 0.25) is 0 Å². The summed E-state index contributed by atoms with van der Waals surface area (Å²) in [6.45, 7) is 0. The first kappa shape index (κ1) is 10.7. The molecule has 0 aliphatic carbocycles. The Labute approximate surface area is 103 Å². The summed E-state index contributed by atoms with van der Waals surface area (Å²) in [5.41, 5.74) is 2.14. The van der Waals surface area contributed by atoms with Crippen LogP contribution in [0.4, 0.5) is 14.9 Å². The third-order valence-corrected chi connectivity index (χ3v) is 2.87. The predicted octanol–water partition coefficient (Wildman–Crippen LogP) is 2.45. The minimum atomic E-state index is -0.377. The van der Waals surface area contributed by atoms with Gasteiger partial charge in [-0.2, -0.15) is 0 Å². The van der Waals surface area contributed by atoms with Gasteiger partial charge in [-0.3, -0.25) is 4.98 Å². The normalized spacial score (nSPS) is 17.6. The lowest BCUT2D eigenvalue weighted by Crippen LogP contribution is -2.38. The molecule has 4 nitrogen and oxygen atoms in total. The van der Waals surface area contributed by atoms with Crippen molar-refractivity contribution in [1.29, 1.82) is 0 Å². The Morgan fingerprint density at radius 3 is 2.94 bits per heavy atom. The summed E-state index contributed by atoms with van der Waals surface area (Å²) < 4.78 is 13.3. The van der Waals surface area contributed by atoms with Gasteiger partial charge >= 0.3 is 6.03 Å². The molecule has 0 bridgehead atoms. The number of amides is 2. The Bertz CT molecular complexity index is 600. The Hall–Kier alpha value is -2.43. The first-order chi connectivity index (χ1) is 8.74. The van der Waals surface area contributed by atoms with Crippen LogP contribution in [0.5, 0.6) is 0 Å². The van der Waals surface area contributed by atoms with Crippen LogP contribution in [-0.4, -0.2) is 11.0 Å². The monoisotopic (exact) mass is 243 g/mol. The zero-order valence-electron chi connectivity index (χ0n) is 9.35. The molecule has 18 heavy (non-hydrogen) atoms. The molecule has 1 aromatic heterocycles. The lowest BCUT2D eigenvalue weighted by atomic mass is 9.97. The van der Waals surface area contributed by atoms with E-state index < -0.39 is 0 Å². The third-order valence-electron chi connectivity index (χ3n) is 2.87. The van der Waals surface area contributed by atoms with Gasteiger partial charge in [-0.05, 0) is 29.8 Å². The van der Waals surface area contributed by atoms with Crippen molar-refractivity contribution < 1.29 is 9.18 Å². The predicted molar refractivity (Wildman–Crippen MR) is 64.6 cm³/mol. The summed E-state index contributed by atoms with van der Waals surface area (Å²) in [7, 11) is 0. The Morgan fingerprint density at radius 2 is 2.17 bits per heavy atom. The Morgan fingerprint density at radius 1 is 1.28 bits per heavy atom. The molecule has 1 unspecified atom stereocenters. The molecule has 0 fully saturated rings. The topological polar surface area (TPSA) is 54.0 Å². The van der Waals surface area contributed by atoms with Crippen molar-refractivity contribution in [3.8, 4) is 0 Å². The molecule has 1 atom stereocenters. The lowest BCUT2D eigenvalue weighted by Gasteiger charge is -2.27. The van der Waals surface area contributed by atoms with Crippen LogP contribution in [0.3, 0.4) is 0 Å². The fraction of sp³-hybridized carbons (Fsp3) is 0.0769. The summed E-state index contributed by atoms with van der Waals surface area (Å²) in [6.07, 6.45) is 3.31. The molecule has 2 N–H and O–H groups in total. The number of nitrogens with zero attached hydrogens (tertiary/aromatic N) is 1. The lowest BCUT2D eigenvalue weighted by molar-refractivity contribution is 0.249. The van der Waals surface area contributed by atoms with E-state index in [1.807, 2.05) is 6.07 Å². The second kappa shape index (κ2) is 4.10. The fourth-order valence-corrected chi connectivity index (χ4v) is 2.06. The van der Waals surface area contributed by atoms with E-state index in [-0.39, 0.29) is 17.9 Å². The van der Waals surface area contributed by atoms with Crippen LogP contribution in [0.1, 0.15) is 17.2 Å². The highest BCUT2D eigenvalue weighted by Gasteiger charge is 2.25. The molecule has 2 aromatic rings. The molecule has 2 heterocycles. The molecule has 0 radical (unpaired) electrons. The fourth-order valence-electron chi connectivity index (χ4n) is 2.06. The molecule has 3 rings (SSSR count). The van der Waals surface area contributed by atoms with Gasteiger partial charge in [-0.1, -0.05) is 6.07 Å². The van der Waals surface area contributed by atoms with E-state index in [0.29, 0.717) is 11.3 Å². The number of pyridine rings is 1. The maximum absolute atomic E-state index is 13.3. The van der Waals surface area contributed by atoms with Crippen molar-refractivity contribution >= 4 is 11.7 Å². The average molecular weight is 243 g/mol. The number of hydrogen-bond acceptors (Lipinski definition) is 2. The van der Waals surface area contributed by atoms with Crippen LogP contribution in [-0.2, 0) is 0 Å². The van der Waals surface area contributed by atoms with Crippen LogP contribution in [0, 0.1) is 5.82 Å². The number of hydrogen-bond donors (Lipinski definition) is 2. The van der Waals surface area contributed by atoms with E-state index in [4.69, 9.17) is 0 Å². The molecule has 2 amide bonds. The number of carbonyl (C=O) groups is 1. The Balaban J connectivity index is 2.12. The summed E-state index contributed by atoms with van der Waals surface area (Å²) in [4.78, 5) is 15.6. The first-order valence-electron chi connectivity index (χ1n) is 5.51. The minimum Gasteiger partial charge on any atom is -0.327 e. The minimum absolute atomic E-state index is 0.303. The van der Waals surface area contributed by atoms with Gasteiger partial charge in [0.05, 0.1) is 6.04 Å². The first-order valence-corrected chi connectivity index (χ1v) is 5.51. The van der Waals surface area contributed by atoms with Crippen molar-refractivity contribution in [2.75, 3.05) is 5.32 Å². The van der Waals surface area contributed by atoms with Crippen LogP contribution in [0.2, 0.25) is 0 Å². The highest BCUT2D eigenvalue weighted by molar-refractivity contribution is 5.93. The van der Waals surface area contributed by atoms with Crippen LogP contribution in [0.25, 0.3) is 0 Å². The van der Waals surface area contributed by atoms with Gasteiger partial charge in [-0.25, -0.2) is 9.18 Å². The van der Waals surface area contributed by atoms with E-state index in [1.54, 1.807) is 24.5 Å². The number of nitrogens with one attached hydrogen (secondary N) is 2. The largest absolute Gasteiger partial charge is 0.327 e. The van der Waals surface area contributed by atoms with Crippen molar-refractivity contribution in [3.63, 3.8) is 0 Å². The maximum Gasteiger partial charge on any atom is 0.320 e. The molecule has 0 saturated heterocycles.